The third kappa shape index (κ3) is 3.97. The lowest BCUT2D eigenvalue weighted by Gasteiger charge is -2.24. The lowest BCUT2D eigenvalue weighted by Crippen LogP contribution is -2.39. The number of nitrogens with zero attached hydrogens (tertiary/aromatic N) is 1. The molecule has 0 aliphatic heterocycles. The van der Waals surface area contributed by atoms with E-state index in [9.17, 15) is 4.79 Å². The molecule has 0 saturated heterocycles. The summed E-state index contributed by atoms with van der Waals surface area (Å²) in [5.41, 5.74) is 4.30. The van der Waals surface area contributed by atoms with Gasteiger partial charge in [-0.05, 0) is 31.4 Å². The Morgan fingerprint density at radius 1 is 1.36 bits per heavy atom. The number of hydrogen-bond donors (Lipinski definition) is 2. The second-order valence-electron chi connectivity index (χ2n) is 5.09. The first-order valence-corrected chi connectivity index (χ1v) is 8.36. The third-order valence-corrected chi connectivity index (χ3v) is 4.56. The summed E-state index contributed by atoms with van der Waals surface area (Å²) in [7, 11) is 0. The largest absolute Gasteiger partial charge is 0.339 e. The van der Waals surface area contributed by atoms with Gasteiger partial charge in [-0.3, -0.25) is 4.84 Å². The number of thiazole rings is 1. The number of benzene rings is 1. The first kappa shape index (κ1) is 15.3. The molecular weight excluding hydrogens is 322 g/mol. The average molecular weight is 338 g/mol. The van der Waals surface area contributed by atoms with Crippen LogP contribution in [0.15, 0.2) is 29.6 Å². The van der Waals surface area contributed by atoms with E-state index in [-0.39, 0.29) is 12.1 Å². The van der Waals surface area contributed by atoms with Gasteiger partial charge < -0.3 is 5.32 Å². The Balaban J connectivity index is 1.48. The van der Waals surface area contributed by atoms with Crippen molar-refractivity contribution < 1.29 is 9.63 Å². The number of hydrogen-bond acceptors (Lipinski definition) is 4. The van der Waals surface area contributed by atoms with Crippen molar-refractivity contribution >= 4 is 29.0 Å². The van der Waals surface area contributed by atoms with E-state index in [1.165, 1.54) is 17.8 Å². The number of urea groups is 1. The molecule has 116 valence electrons. The number of nitrogens with one attached hydrogen (secondary N) is 2. The van der Waals surface area contributed by atoms with Gasteiger partial charge in [0.1, 0.15) is 5.01 Å². The van der Waals surface area contributed by atoms with Gasteiger partial charge in [0.05, 0.1) is 18.3 Å². The maximum absolute atomic E-state index is 11.6. The van der Waals surface area contributed by atoms with Crippen LogP contribution in [0.3, 0.4) is 0 Å². The molecule has 1 heterocycles. The Labute approximate surface area is 137 Å². The zero-order chi connectivity index (χ0) is 15.4. The van der Waals surface area contributed by atoms with E-state index < -0.39 is 0 Å². The van der Waals surface area contributed by atoms with E-state index in [1.54, 1.807) is 0 Å². The highest BCUT2D eigenvalue weighted by Gasteiger charge is 2.19. The number of carbonyl (C=O) groups is 1. The van der Waals surface area contributed by atoms with Gasteiger partial charge in [-0.1, -0.05) is 23.7 Å². The maximum Gasteiger partial charge on any atom is 0.339 e. The molecule has 1 aromatic carbocycles. The van der Waals surface area contributed by atoms with Gasteiger partial charge >= 0.3 is 6.03 Å². The quantitative estimate of drug-likeness (QED) is 0.817. The van der Waals surface area contributed by atoms with Gasteiger partial charge in [0.15, 0.2) is 0 Å². The molecule has 0 radical (unpaired) electrons. The van der Waals surface area contributed by atoms with Gasteiger partial charge in [0.25, 0.3) is 0 Å². The summed E-state index contributed by atoms with van der Waals surface area (Å²) in [4.78, 5) is 21.3. The van der Waals surface area contributed by atoms with Crippen LogP contribution >= 0.6 is 22.9 Å². The van der Waals surface area contributed by atoms with Crippen LogP contribution in [0, 0.1) is 0 Å². The Morgan fingerprint density at radius 2 is 2.14 bits per heavy atom. The van der Waals surface area contributed by atoms with Gasteiger partial charge in [-0.25, -0.2) is 15.3 Å². The number of aromatic nitrogens is 1. The maximum atomic E-state index is 11.6. The normalized spacial score (nSPS) is 14.4. The summed E-state index contributed by atoms with van der Waals surface area (Å²) in [5, 5.41) is 6.22. The van der Waals surface area contributed by atoms with E-state index in [0.29, 0.717) is 11.6 Å². The number of amides is 2. The van der Waals surface area contributed by atoms with Crippen LogP contribution in [0.2, 0.25) is 5.02 Å². The predicted octanol–water partition coefficient (Wildman–Crippen LogP) is 3.75. The fourth-order valence-corrected chi connectivity index (χ4v) is 2.83. The van der Waals surface area contributed by atoms with Crippen LogP contribution in [0.25, 0.3) is 11.3 Å². The average Bonchev–Trinajstić information content (AvgIpc) is 2.93. The second-order valence-corrected chi connectivity index (χ2v) is 6.47. The summed E-state index contributed by atoms with van der Waals surface area (Å²) >= 11 is 7.37. The minimum Gasteiger partial charge on any atom is -0.330 e. The van der Waals surface area contributed by atoms with Crippen molar-refractivity contribution in [2.75, 3.05) is 0 Å². The lowest BCUT2D eigenvalue weighted by atomic mass is 9.97. The van der Waals surface area contributed by atoms with Crippen molar-refractivity contribution in [3.05, 3.63) is 39.7 Å². The summed E-state index contributed by atoms with van der Waals surface area (Å²) < 4.78 is 0. The first-order valence-electron chi connectivity index (χ1n) is 7.10. The molecule has 2 N–H and O–H groups in total. The van der Waals surface area contributed by atoms with Crippen LogP contribution in [0.1, 0.15) is 24.3 Å². The highest BCUT2D eigenvalue weighted by Crippen LogP contribution is 2.23. The Morgan fingerprint density at radius 3 is 2.82 bits per heavy atom. The van der Waals surface area contributed by atoms with Crippen LogP contribution < -0.4 is 10.8 Å². The Hall–Kier alpha value is -1.63. The molecular formula is C15H16ClN3O2S. The Bertz CT molecular complexity index is 640. The number of hydroxylamine groups is 1. The van der Waals surface area contributed by atoms with E-state index in [0.717, 1.165) is 29.1 Å². The van der Waals surface area contributed by atoms with Crippen molar-refractivity contribution in [1.82, 2.24) is 15.8 Å². The highest BCUT2D eigenvalue weighted by molar-refractivity contribution is 7.09. The van der Waals surface area contributed by atoms with Crippen molar-refractivity contribution in [1.29, 1.82) is 0 Å². The molecule has 5 nitrogen and oxygen atoms in total. The number of halogens is 1. The lowest BCUT2D eigenvalue weighted by molar-refractivity contribution is -0.0444. The molecule has 1 aliphatic carbocycles. The summed E-state index contributed by atoms with van der Waals surface area (Å²) in [6, 6.07) is 7.18. The summed E-state index contributed by atoms with van der Waals surface area (Å²) in [6.07, 6.45) is 3.36. The monoisotopic (exact) mass is 337 g/mol. The summed E-state index contributed by atoms with van der Waals surface area (Å²) in [6.45, 7) is 0.373. The molecule has 0 unspecified atom stereocenters. The van der Waals surface area contributed by atoms with Crippen molar-refractivity contribution in [3.63, 3.8) is 0 Å². The van der Waals surface area contributed by atoms with Crippen molar-refractivity contribution in [3.8, 4) is 11.3 Å². The van der Waals surface area contributed by atoms with Gasteiger partial charge in [0, 0.05) is 16.0 Å². The fourth-order valence-electron chi connectivity index (χ4n) is 1.96. The van der Waals surface area contributed by atoms with Crippen LogP contribution in [-0.4, -0.2) is 17.1 Å². The van der Waals surface area contributed by atoms with Crippen LogP contribution in [-0.2, 0) is 11.4 Å². The molecule has 3 rings (SSSR count). The molecule has 0 atom stereocenters. The first-order chi connectivity index (χ1) is 10.7. The van der Waals surface area contributed by atoms with Crippen molar-refractivity contribution in [2.45, 2.75) is 31.9 Å². The molecule has 7 heteroatoms. The fraction of sp³-hybridized carbons (Fsp3) is 0.333. The third-order valence-electron chi connectivity index (χ3n) is 3.46. The van der Waals surface area contributed by atoms with Crippen molar-refractivity contribution in [2.24, 2.45) is 0 Å². The zero-order valence-electron chi connectivity index (χ0n) is 11.8. The second kappa shape index (κ2) is 7.09. The van der Waals surface area contributed by atoms with Crippen LogP contribution in [0.4, 0.5) is 4.79 Å². The van der Waals surface area contributed by atoms with Gasteiger partial charge in [-0.15, -0.1) is 11.3 Å². The molecule has 0 spiro atoms. The standard InChI is InChI=1S/C15H16ClN3O2S/c16-11-6-4-10(5-7-11)13-9-22-14(18-13)8-17-15(20)19-21-12-2-1-3-12/h4-7,9,12H,1-3,8H2,(H2,17,19,20). The van der Waals surface area contributed by atoms with Gasteiger partial charge in [-0.2, -0.15) is 0 Å². The number of rotatable bonds is 5. The molecule has 1 aromatic heterocycles. The van der Waals surface area contributed by atoms with E-state index in [4.69, 9.17) is 16.4 Å². The summed E-state index contributed by atoms with van der Waals surface area (Å²) in [5.74, 6) is 0. The topological polar surface area (TPSA) is 63.2 Å². The predicted molar refractivity (Wildman–Crippen MR) is 86.7 cm³/mol. The molecule has 2 aromatic rings. The molecule has 2 amide bonds. The van der Waals surface area contributed by atoms with E-state index in [2.05, 4.69) is 15.8 Å². The van der Waals surface area contributed by atoms with Gasteiger partial charge in [0.2, 0.25) is 0 Å². The molecule has 22 heavy (non-hydrogen) atoms. The highest BCUT2D eigenvalue weighted by atomic mass is 35.5. The minimum absolute atomic E-state index is 0.169. The number of carbonyl (C=O) groups excluding carboxylic acids is 1. The Kier molecular flexibility index (Phi) is 4.92. The molecule has 0 bridgehead atoms. The molecule has 1 saturated carbocycles. The van der Waals surface area contributed by atoms with E-state index in [1.807, 2.05) is 29.6 Å². The van der Waals surface area contributed by atoms with E-state index >= 15 is 0 Å². The minimum atomic E-state index is -0.338. The zero-order valence-corrected chi connectivity index (χ0v) is 13.4. The molecule has 1 aliphatic rings. The van der Waals surface area contributed by atoms with Crippen LogP contribution in [0.5, 0.6) is 0 Å². The smallest absolute Gasteiger partial charge is 0.330 e. The molecule has 1 fully saturated rings. The SMILES string of the molecule is O=C(NCc1nc(-c2ccc(Cl)cc2)cs1)NOC1CCC1.